The molecule has 0 aliphatic rings. The van der Waals surface area contributed by atoms with Crippen molar-refractivity contribution in [3.63, 3.8) is 0 Å². The predicted molar refractivity (Wildman–Crippen MR) is 107 cm³/mol. The number of aromatic nitrogens is 1. The summed E-state index contributed by atoms with van der Waals surface area (Å²) in [5, 5.41) is 6.72. The molecule has 0 atom stereocenters. The topological polar surface area (TPSA) is 64.4 Å². The zero-order valence-electron chi connectivity index (χ0n) is 15.3. The Labute approximate surface area is 166 Å². The van der Waals surface area contributed by atoms with E-state index < -0.39 is 0 Å². The molecular weight excluding hydrogens is 371 g/mol. The fourth-order valence-electron chi connectivity index (χ4n) is 2.75. The van der Waals surface area contributed by atoms with Crippen LogP contribution < -0.4 is 10.1 Å². The van der Waals surface area contributed by atoms with Gasteiger partial charge in [-0.2, -0.15) is 0 Å². The number of nitrogens with zero attached hydrogens (tertiary/aromatic N) is 1. The number of halogens is 1. The molecule has 0 spiro atoms. The quantitative estimate of drug-likeness (QED) is 0.477. The Morgan fingerprint density at radius 1 is 0.931 bits per heavy atom. The van der Waals surface area contributed by atoms with Gasteiger partial charge in [0.1, 0.15) is 17.3 Å². The summed E-state index contributed by atoms with van der Waals surface area (Å²) in [4.78, 5) is 12.3. The second-order valence-electron chi connectivity index (χ2n) is 6.35. The minimum atomic E-state index is -0.326. The molecule has 1 heterocycles. The molecule has 144 valence electrons. The average Bonchev–Trinajstić information content (AvgIpc) is 3.19. The van der Waals surface area contributed by atoms with E-state index in [1.54, 1.807) is 42.5 Å². The summed E-state index contributed by atoms with van der Waals surface area (Å²) in [6.45, 7) is 0. The Morgan fingerprint density at radius 3 is 2.34 bits per heavy atom. The summed E-state index contributed by atoms with van der Waals surface area (Å²) in [6, 6.07) is 24.1. The lowest BCUT2D eigenvalue weighted by Gasteiger charge is -2.07. The number of carbonyl (C=O) groups excluding carboxylic acids is 1. The van der Waals surface area contributed by atoms with Crippen molar-refractivity contribution in [3.8, 4) is 22.8 Å². The number of carbonyl (C=O) groups is 1. The van der Waals surface area contributed by atoms with Gasteiger partial charge in [0.25, 0.3) is 0 Å². The molecule has 0 radical (unpaired) electrons. The van der Waals surface area contributed by atoms with Gasteiger partial charge in [-0.3, -0.25) is 4.79 Å². The Hall–Kier alpha value is -3.93. The molecule has 6 heteroatoms. The molecule has 0 saturated carbocycles. The normalized spacial score (nSPS) is 10.5. The standard InChI is InChI=1S/C23H17FN2O3/c24-17-8-6-16(7-9-17)22-14-19(26-29-22)15-23(27)25-18-10-12-21(13-11-18)28-20-4-2-1-3-5-20/h1-14H,15H2,(H,25,27). The number of nitrogens with one attached hydrogen (secondary N) is 1. The molecule has 3 aromatic carbocycles. The number of rotatable bonds is 6. The molecule has 0 saturated heterocycles. The Kier molecular flexibility index (Phi) is 5.33. The third kappa shape index (κ3) is 4.87. The van der Waals surface area contributed by atoms with Crippen molar-refractivity contribution in [2.45, 2.75) is 6.42 Å². The molecule has 0 bridgehead atoms. The van der Waals surface area contributed by atoms with Crippen LogP contribution in [0.3, 0.4) is 0 Å². The van der Waals surface area contributed by atoms with Gasteiger partial charge < -0.3 is 14.6 Å². The smallest absolute Gasteiger partial charge is 0.230 e. The summed E-state index contributed by atoms with van der Waals surface area (Å²) in [6.07, 6.45) is 0.0625. The van der Waals surface area contributed by atoms with Crippen molar-refractivity contribution in [1.82, 2.24) is 5.16 Å². The first-order chi connectivity index (χ1) is 14.2. The molecular formula is C23H17FN2O3. The SMILES string of the molecule is O=C(Cc1cc(-c2ccc(F)cc2)on1)Nc1ccc(Oc2ccccc2)cc1. The van der Waals surface area contributed by atoms with Gasteiger partial charge in [0.15, 0.2) is 5.76 Å². The van der Waals surface area contributed by atoms with E-state index in [4.69, 9.17) is 9.26 Å². The first-order valence-electron chi connectivity index (χ1n) is 9.00. The average molecular weight is 388 g/mol. The Balaban J connectivity index is 1.34. The first-order valence-corrected chi connectivity index (χ1v) is 9.00. The number of anilines is 1. The lowest BCUT2D eigenvalue weighted by molar-refractivity contribution is -0.115. The van der Waals surface area contributed by atoms with Crippen molar-refractivity contribution >= 4 is 11.6 Å². The Morgan fingerprint density at radius 2 is 1.62 bits per heavy atom. The van der Waals surface area contributed by atoms with Gasteiger partial charge in [-0.05, 0) is 60.7 Å². The second-order valence-corrected chi connectivity index (χ2v) is 6.35. The zero-order valence-corrected chi connectivity index (χ0v) is 15.3. The lowest BCUT2D eigenvalue weighted by atomic mass is 10.1. The van der Waals surface area contributed by atoms with Crippen LogP contribution >= 0.6 is 0 Å². The van der Waals surface area contributed by atoms with Crippen LogP contribution in [0.25, 0.3) is 11.3 Å². The molecule has 4 aromatic rings. The van der Waals surface area contributed by atoms with E-state index >= 15 is 0 Å². The van der Waals surface area contributed by atoms with Gasteiger partial charge in [-0.1, -0.05) is 23.4 Å². The molecule has 1 N–H and O–H groups in total. The van der Waals surface area contributed by atoms with Gasteiger partial charge in [0.2, 0.25) is 5.91 Å². The highest BCUT2D eigenvalue weighted by atomic mass is 19.1. The highest BCUT2D eigenvalue weighted by Gasteiger charge is 2.11. The lowest BCUT2D eigenvalue weighted by Crippen LogP contribution is -2.14. The van der Waals surface area contributed by atoms with E-state index in [2.05, 4.69) is 10.5 Å². The molecule has 29 heavy (non-hydrogen) atoms. The highest BCUT2D eigenvalue weighted by molar-refractivity contribution is 5.92. The summed E-state index contributed by atoms with van der Waals surface area (Å²) < 4.78 is 24.0. The second kappa shape index (κ2) is 8.39. The Bertz CT molecular complexity index is 1090. The number of ether oxygens (including phenoxy) is 1. The third-order valence-corrected chi connectivity index (χ3v) is 4.15. The fourth-order valence-corrected chi connectivity index (χ4v) is 2.75. The monoisotopic (exact) mass is 388 g/mol. The fraction of sp³-hybridized carbons (Fsp3) is 0.0435. The van der Waals surface area contributed by atoms with Gasteiger partial charge in [-0.25, -0.2) is 4.39 Å². The number of hydrogen-bond donors (Lipinski definition) is 1. The first kappa shape index (κ1) is 18.4. The highest BCUT2D eigenvalue weighted by Crippen LogP contribution is 2.23. The molecule has 0 aliphatic heterocycles. The number of benzene rings is 3. The van der Waals surface area contributed by atoms with Crippen LogP contribution in [0.2, 0.25) is 0 Å². The molecule has 0 aliphatic carbocycles. The van der Waals surface area contributed by atoms with Crippen molar-refractivity contribution in [1.29, 1.82) is 0 Å². The van der Waals surface area contributed by atoms with Gasteiger partial charge in [0, 0.05) is 17.3 Å². The zero-order chi connectivity index (χ0) is 20.1. The molecule has 5 nitrogen and oxygen atoms in total. The summed E-state index contributed by atoms with van der Waals surface area (Å²) in [7, 11) is 0. The van der Waals surface area contributed by atoms with E-state index in [1.807, 2.05) is 30.3 Å². The van der Waals surface area contributed by atoms with Gasteiger partial charge >= 0.3 is 0 Å². The molecule has 0 unspecified atom stereocenters. The maximum atomic E-state index is 13.0. The number of hydrogen-bond acceptors (Lipinski definition) is 4. The summed E-state index contributed by atoms with van der Waals surface area (Å²) in [5.74, 6) is 1.35. The molecule has 4 rings (SSSR count). The van der Waals surface area contributed by atoms with Crippen LogP contribution in [0.5, 0.6) is 11.5 Å². The van der Waals surface area contributed by atoms with E-state index in [1.165, 1.54) is 12.1 Å². The van der Waals surface area contributed by atoms with Crippen LogP contribution in [0.1, 0.15) is 5.69 Å². The maximum Gasteiger partial charge on any atom is 0.230 e. The predicted octanol–water partition coefficient (Wildman–Crippen LogP) is 5.45. The van der Waals surface area contributed by atoms with Crippen molar-refractivity contribution in [3.05, 3.63) is 96.4 Å². The van der Waals surface area contributed by atoms with Crippen molar-refractivity contribution in [2.24, 2.45) is 0 Å². The van der Waals surface area contributed by atoms with Crippen LogP contribution in [-0.4, -0.2) is 11.1 Å². The van der Waals surface area contributed by atoms with Crippen molar-refractivity contribution in [2.75, 3.05) is 5.32 Å². The van der Waals surface area contributed by atoms with Crippen LogP contribution in [0.15, 0.2) is 89.5 Å². The van der Waals surface area contributed by atoms with Gasteiger partial charge in [-0.15, -0.1) is 0 Å². The van der Waals surface area contributed by atoms with E-state index in [0.717, 1.165) is 5.75 Å². The van der Waals surface area contributed by atoms with Crippen molar-refractivity contribution < 1.29 is 18.4 Å². The van der Waals surface area contributed by atoms with Crippen LogP contribution in [0, 0.1) is 5.82 Å². The summed E-state index contributed by atoms with van der Waals surface area (Å²) >= 11 is 0. The summed E-state index contributed by atoms with van der Waals surface area (Å²) in [5.41, 5.74) is 1.84. The van der Waals surface area contributed by atoms with Crippen LogP contribution in [-0.2, 0) is 11.2 Å². The van der Waals surface area contributed by atoms with Crippen LogP contribution in [0.4, 0.5) is 10.1 Å². The number of para-hydroxylation sites is 1. The molecule has 1 aromatic heterocycles. The number of amides is 1. The third-order valence-electron chi connectivity index (χ3n) is 4.15. The van der Waals surface area contributed by atoms with E-state index in [-0.39, 0.29) is 18.1 Å². The largest absolute Gasteiger partial charge is 0.457 e. The molecule has 1 amide bonds. The minimum absolute atomic E-state index is 0.0625. The maximum absolute atomic E-state index is 13.0. The van der Waals surface area contributed by atoms with E-state index in [9.17, 15) is 9.18 Å². The minimum Gasteiger partial charge on any atom is -0.457 e. The van der Waals surface area contributed by atoms with E-state index in [0.29, 0.717) is 28.5 Å². The van der Waals surface area contributed by atoms with Gasteiger partial charge in [0.05, 0.1) is 12.1 Å². The molecule has 0 fully saturated rings.